The molecule has 6 aromatic rings. The number of pyridine rings is 1. The summed E-state index contributed by atoms with van der Waals surface area (Å²) >= 11 is 0. The van der Waals surface area contributed by atoms with Crippen LogP contribution in [-0.4, -0.2) is 9.38 Å². The standard InChI is InChI=1S/C22H12N2O/c25-22-16-8-3-4-11-19(16)24-12-18-14-7-2-1-6-13(14)15-9-5-10-17(20(15)18)21(24)23-22/h1-12H. The van der Waals surface area contributed by atoms with Crippen molar-refractivity contribution in [2.75, 3.05) is 0 Å². The van der Waals surface area contributed by atoms with E-state index in [4.69, 9.17) is 0 Å². The van der Waals surface area contributed by atoms with E-state index in [0.717, 1.165) is 16.6 Å². The third kappa shape index (κ3) is 1.50. The third-order valence-electron chi connectivity index (χ3n) is 5.17. The molecule has 3 nitrogen and oxygen atoms in total. The van der Waals surface area contributed by atoms with E-state index < -0.39 is 0 Å². The van der Waals surface area contributed by atoms with Gasteiger partial charge in [0, 0.05) is 22.4 Å². The van der Waals surface area contributed by atoms with Crippen molar-refractivity contribution in [3.8, 4) is 0 Å². The highest BCUT2D eigenvalue weighted by Crippen LogP contribution is 2.39. The number of rotatable bonds is 0. The van der Waals surface area contributed by atoms with Gasteiger partial charge in [-0.2, -0.15) is 4.98 Å². The minimum Gasteiger partial charge on any atom is -0.300 e. The molecule has 0 saturated heterocycles. The van der Waals surface area contributed by atoms with E-state index in [1.807, 2.05) is 30.3 Å². The Bertz CT molecular complexity index is 1510. The Hall–Kier alpha value is -3.46. The maximum atomic E-state index is 12.5. The van der Waals surface area contributed by atoms with Crippen LogP contribution >= 0.6 is 0 Å². The highest BCUT2D eigenvalue weighted by molar-refractivity contribution is 6.31. The fraction of sp³-hybridized carbons (Fsp3) is 0. The quantitative estimate of drug-likeness (QED) is 0.379. The maximum absolute atomic E-state index is 12.5. The molecule has 0 spiro atoms. The molecule has 6 rings (SSSR count). The van der Waals surface area contributed by atoms with Crippen LogP contribution in [0.15, 0.2) is 77.7 Å². The van der Waals surface area contributed by atoms with Crippen LogP contribution in [0.25, 0.3) is 48.9 Å². The van der Waals surface area contributed by atoms with Gasteiger partial charge < -0.3 is 0 Å². The van der Waals surface area contributed by atoms with Crippen molar-refractivity contribution in [2.45, 2.75) is 0 Å². The number of hydrogen-bond acceptors (Lipinski definition) is 2. The van der Waals surface area contributed by atoms with Gasteiger partial charge in [0.1, 0.15) is 5.65 Å². The van der Waals surface area contributed by atoms with Crippen LogP contribution in [0.4, 0.5) is 0 Å². The lowest BCUT2D eigenvalue weighted by Gasteiger charge is -2.09. The number of hydrogen-bond donors (Lipinski definition) is 0. The summed E-state index contributed by atoms with van der Waals surface area (Å²) in [6.45, 7) is 0. The van der Waals surface area contributed by atoms with Gasteiger partial charge in [0.15, 0.2) is 0 Å². The predicted octanol–water partition coefficient (Wildman–Crippen LogP) is 4.75. The van der Waals surface area contributed by atoms with Crippen LogP contribution in [0.2, 0.25) is 0 Å². The Morgan fingerprint density at radius 2 is 1.28 bits per heavy atom. The molecule has 4 aromatic carbocycles. The summed E-state index contributed by atoms with van der Waals surface area (Å²) < 4.78 is 2.06. The molecule has 3 heteroatoms. The molecule has 0 bridgehead atoms. The second-order valence-corrected chi connectivity index (χ2v) is 6.44. The van der Waals surface area contributed by atoms with Gasteiger partial charge in [0.05, 0.1) is 10.9 Å². The summed E-state index contributed by atoms with van der Waals surface area (Å²) in [6.07, 6.45) is 2.13. The van der Waals surface area contributed by atoms with Crippen LogP contribution in [-0.2, 0) is 0 Å². The summed E-state index contributed by atoms with van der Waals surface area (Å²) in [6, 6.07) is 22.4. The van der Waals surface area contributed by atoms with Gasteiger partial charge in [-0.15, -0.1) is 0 Å². The van der Waals surface area contributed by atoms with E-state index in [1.54, 1.807) is 0 Å². The Labute approximate surface area is 142 Å². The highest BCUT2D eigenvalue weighted by Gasteiger charge is 2.15. The molecular weight excluding hydrogens is 308 g/mol. The Morgan fingerprint density at radius 1 is 0.640 bits per heavy atom. The summed E-state index contributed by atoms with van der Waals surface area (Å²) in [4.78, 5) is 16.9. The lowest BCUT2D eigenvalue weighted by atomic mass is 10.1. The molecule has 25 heavy (non-hydrogen) atoms. The summed E-state index contributed by atoms with van der Waals surface area (Å²) in [5, 5.41) is 7.75. The molecule has 0 atom stereocenters. The fourth-order valence-corrected chi connectivity index (χ4v) is 4.11. The third-order valence-corrected chi connectivity index (χ3v) is 5.17. The molecule has 0 aliphatic rings. The Morgan fingerprint density at radius 3 is 2.12 bits per heavy atom. The highest BCUT2D eigenvalue weighted by atomic mass is 16.1. The topological polar surface area (TPSA) is 34.4 Å². The maximum Gasteiger partial charge on any atom is 0.281 e. The van der Waals surface area contributed by atoms with E-state index >= 15 is 0 Å². The average molecular weight is 320 g/mol. The normalized spacial score (nSPS) is 12.2. The molecule has 0 amide bonds. The molecule has 2 aromatic heterocycles. The number of aromatic nitrogens is 2. The van der Waals surface area contributed by atoms with Gasteiger partial charge in [-0.05, 0) is 28.3 Å². The molecule has 0 saturated carbocycles. The summed E-state index contributed by atoms with van der Waals surface area (Å²) in [5.74, 6) is 0. The first-order valence-electron chi connectivity index (χ1n) is 8.29. The molecule has 0 aliphatic carbocycles. The summed E-state index contributed by atoms with van der Waals surface area (Å²) in [7, 11) is 0. The lowest BCUT2D eigenvalue weighted by molar-refractivity contribution is 1.16. The van der Waals surface area contributed by atoms with Crippen LogP contribution in [0.1, 0.15) is 0 Å². The fourth-order valence-electron chi connectivity index (χ4n) is 4.11. The van der Waals surface area contributed by atoms with Crippen molar-refractivity contribution in [1.82, 2.24) is 9.38 Å². The molecule has 2 heterocycles. The average Bonchev–Trinajstić information content (AvgIpc) is 2.99. The number of para-hydroxylation sites is 1. The Kier molecular flexibility index (Phi) is 2.24. The molecular formula is C22H12N2O. The van der Waals surface area contributed by atoms with Crippen molar-refractivity contribution in [3.05, 3.63) is 83.3 Å². The van der Waals surface area contributed by atoms with E-state index in [2.05, 4.69) is 52.0 Å². The van der Waals surface area contributed by atoms with Gasteiger partial charge in [-0.1, -0.05) is 54.6 Å². The first kappa shape index (κ1) is 12.9. The predicted molar refractivity (Wildman–Crippen MR) is 103 cm³/mol. The number of fused-ring (bicyclic) bond motifs is 7. The van der Waals surface area contributed by atoms with E-state index in [9.17, 15) is 4.79 Å². The van der Waals surface area contributed by atoms with Crippen LogP contribution < -0.4 is 5.56 Å². The SMILES string of the molecule is O=c1nc2c3cccc4c5ccccc5c(cn2c2ccccc12)c43. The number of nitrogens with zero attached hydrogens (tertiary/aromatic N) is 2. The zero-order valence-corrected chi connectivity index (χ0v) is 13.2. The van der Waals surface area contributed by atoms with Crippen LogP contribution in [0.5, 0.6) is 0 Å². The largest absolute Gasteiger partial charge is 0.300 e. The second-order valence-electron chi connectivity index (χ2n) is 6.44. The Balaban J connectivity index is 2.05. The van der Waals surface area contributed by atoms with Gasteiger partial charge in [0.25, 0.3) is 5.56 Å². The van der Waals surface area contributed by atoms with Crippen molar-refractivity contribution < 1.29 is 0 Å². The van der Waals surface area contributed by atoms with Crippen molar-refractivity contribution in [3.63, 3.8) is 0 Å². The smallest absolute Gasteiger partial charge is 0.281 e. The first-order chi connectivity index (χ1) is 12.3. The number of benzene rings is 3. The zero-order valence-electron chi connectivity index (χ0n) is 13.2. The minimum atomic E-state index is -0.174. The van der Waals surface area contributed by atoms with Crippen molar-refractivity contribution >= 4 is 48.9 Å². The van der Waals surface area contributed by atoms with E-state index in [0.29, 0.717) is 5.39 Å². The molecule has 0 unspecified atom stereocenters. The monoisotopic (exact) mass is 320 g/mol. The first-order valence-corrected chi connectivity index (χ1v) is 8.29. The molecule has 0 N–H and O–H groups in total. The minimum absolute atomic E-state index is 0.174. The zero-order chi connectivity index (χ0) is 16.5. The summed E-state index contributed by atoms with van der Waals surface area (Å²) in [5.41, 5.74) is 1.44. The molecule has 116 valence electrons. The lowest BCUT2D eigenvalue weighted by Crippen LogP contribution is -2.10. The second kappa shape index (κ2) is 4.33. The van der Waals surface area contributed by atoms with Gasteiger partial charge in [0.2, 0.25) is 0 Å². The molecule has 0 aliphatic heterocycles. The van der Waals surface area contributed by atoms with Crippen LogP contribution in [0, 0.1) is 0 Å². The van der Waals surface area contributed by atoms with Gasteiger partial charge in [-0.3, -0.25) is 9.20 Å². The van der Waals surface area contributed by atoms with Gasteiger partial charge >= 0.3 is 0 Å². The molecule has 0 fully saturated rings. The molecule has 0 radical (unpaired) electrons. The van der Waals surface area contributed by atoms with Gasteiger partial charge in [-0.25, -0.2) is 0 Å². The van der Waals surface area contributed by atoms with Crippen molar-refractivity contribution in [2.24, 2.45) is 0 Å². The van der Waals surface area contributed by atoms with Crippen LogP contribution in [0.3, 0.4) is 0 Å². The van der Waals surface area contributed by atoms with Crippen molar-refractivity contribution in [1.29, 1.82) is 0 Å². The van der Waals surface area contributed by atoms with E-state index in [-0.39, 0.29) is 5.56 Å². The van der Waals surface area contributed by atoms with E-state index in [1.165, 1.54) is 26.9 Å².